The van der Waals surface area contributed by atoms with Crippen LogP contribution in [0.4, 0.5) is 5.69 Å². The Morgan fingerprint density at radius 3 is 2.69 bits per heavy atom. The monoisotopic (exact) mass is 284 g/mol. The van der Waals surface area contributed by atoms with Crippen LogP contribution in [-0.4, -0.2) is 25.0 Å². The lowest BCUT2D eigenvalue weighted by atomic mass is 9.90. The predicted octanol–water partition coefficient (Wildman–Crippen LogP) is 2.11. The van der Waals surface area contributed by atoms with Gasteiger partial charge in [-0.2, -0.15) is 0 Å². The lowest BCUT2D eigenvalue weighted by Gasteiger charge is -2.15. The molecule has 0 atom stereocenters. The first kappa shape index (κ1) is 11.4. The summed E-state index contributed by atoms with van der Waals surface area (Å²) in [4.78, 5) is 18.0. The van der Waals surface area contributed by atoms with Gasteiger partial charge in [-0.3, -0.25) is 4.79 Å². The fourth-order valence-corrected chi connectivity index (χ4v) is 2.42. The lowest BCUT2D eigenvalue weighted by Crippen LogP contribution is -2.33. The minimum absolute atomic E-state index is 0.0511. The van der Waals surface area contributed by atoms with Gasteiger partial charge in [-0.05, 0) is 35.8 Å². The number of ether oxygens (including phenoxy) is 1. The van der Waals surface area contributed by atoms with Crippen molar-refractivity contribution in [1.29, 1.82) is 0 Å². The molecule has 0 unspecified atom stereocenters. The van der Waals surface area contributed by atoms with E-state index in [1.165, 1.54) is 0 Å². The summed E-state index contributed by atoms with van der Waals surface area (Å²) in [5, 5.41) is 0. The highest BCUT2D eigenvalue weighted by molar-refractivity contribution is 9.10. The second kappa shape index (κ2) is 3.45. The van der Waals surface area contributed by atoms with Crippen LogP contribution in [0.15, 0.2) is 10.5 Å². The van der Waals surface area contributed by atoms with E-state index in [0.29, 0.717) is 5.88 Å². The van der Waals surface area contributed by atoms with E-state index in [0.717, 1.165) is 15.9 Å². The summed E-state index contributed by atoms with van der Waals surface area (Å²) >= 11 is 3.37. The average Bonchev–Trinajstić information content (AvgIpc) is 2.40. The van der Waals surface area contributed by atoms with Gasteiger partial charge in [0.1, 0.15) is 0 Å². The van der Waals surface area contributed by atoms with Gasteiger partial charge in [0, 0.05) is 7.05 Å². The van der Waals surface area contributed by atoms with Crippen molar-refractivity contribution in [2.45, 2.75) is 19.3 Å². The number of rotatable bonds is 1. The Labute approximate surface area is 103 Å². The SMILES string of the molecule is COc1nc2c(cc1Br)N(C)C(=O)C2(C)C. The van der Waals surface area contributed by atoms with Crippen molar-refractivity contribution in [2.75, 3.05) is 19.1 Å². The van der Waals surface area contributed by atoms with E-state index in [1.807, 2.05) is 19.9 Å². The lowest BCUT2D eigenvalue weighted by molar-refractivity contribution is -0.121. The maximum absolute atomic E-state index is 12.0. The van der Waals surface area contributed by atoms with E-state index in [2.05, 4.69) is 20.9 Å². The molecule has 16 heavy (non-hydrogen) atoms. The minimum atomic E-state index is -0.585. The molecule has 86 valence electrons. The number of nitrogens with zero attached hydrogens (tertiary/aromatic N) is 2. The molecule has 1 aromatic heterocycles. The molecular weight excluding hydrogens is 272 g/mol. The molecular formula is C11H13BrN2O2. The van der Waals surface area contributed by atoms with Crippen LogP contribution in [-0.2, 0) is 10.2 Å². The number of carbonyl (C=O) groups is 1. The normalized spacial score (nSPS) is 17.6. The van der Waals surface area contributed by atoms with E-state index in [9.17, 15) is 4.79 Å². The molecule has 0 saturated heterocycles. The van der Waals surface area contributed by atoms with Crippen LogP contribution in [0.5, 0.6) is 5.88 Å². The molecule has 4 nitrogen and oxygen atoms in total. The van der Waals surface area contributed by atoms with Crippen LogP contribution in [0, 0.1) is 0 Å². The number of hydrogen-bond donors (Lipinski definition) is 0. The van der Waals surface area contributed by atoms with Crippen LogP contribution >= 0.6 is 15.9 Å². The van der Waals surface area contributed by atoms with Gasteiger partial charge in [-0.25, -0.2) is 4.98 Å². The number of carbonyl (C=O) groups excluding carboxylic acids is 1. The highest BCUT2D eigenvalue weighted by Crippen LogP contribution is 2.42. The average molecular weight is 285 g/mol. The summed E-state index contributed by atoms with van der Waals surface area (Å²) in [7, 11) is 3.32. The van der Waals surface area contributed by atoms with Crippen molar-refractivity contribution in [3.8, 4) is 5.88 Å². The number of pyridine rings is 1. The summed E-state index contributed by atoms with van der Waals surface area (Å²) in [5.74, 6) is 0.560. The number of amides is 1. The smallest absolute Gasteiger partial charge is 0.238 e. The van der Waals surface area contributed by atoms with Crippen molar-refractivity contribution in [2.24, 2.45) is 0 Å². The van der Waals surface area contributed by atoms with Gasteiger partial charge in [-0.15, -0.1) is 0 Å². The largest absolute Gasteiger partial charge is 0.480 e. The molecule has 0 radical (unpaired) electrons. The molecule has 2 heterocycles. The molecule has 0 aromatic carbocycles. The number of methoxy groups -OCH3 is 1. The van der Waals surface area contributed by atoms with Gasteiger partial charge in [0.15, 0.2) is 0 Å². The third-order valence-corrected chi connectivity index (χ3v) is 3.48. The van der Waals surface area contributed by atoms with E-state index in [1.54, 1.807) is 19.1 Å². The minimum Gasteiger partial charge on any atom is -0.480 e. The summed E-state index contributed by atoms with van der Waals surface area (Å²) in [5.41, 5.74) is 1.01. The second-order valence-corrected chi connectivity index (χ2v) is 5.19. The number of aromatic nitrogens is 1. The zero-order valence-electron chi connectivity index (χ0n) is 9.67. The highest BCUT2D eigenvalue weighted by atomic mass is 79.9. The summed E-state index contributed by atoms with van der Waals surface area (Å²) in [6.45, 7) is 3.75. The number of likely N-dealkylation sites (N-methyl/N-ethyl adjacent to an activating group) is 1. The maximum Gasteiger partial charge on any atom is 0.238 e. The van der Waals surface area contributed by atoms with Crippen molar-refractivity contribution in [3.63, 3.8) is 0 Å². The number of hydrogen-bond acceptors (Lipinski definition) is 3. The van der Waals surface area contributed by atoms with Gasteiger partial charge >= 0.3 is 0 Å². The molecule has 5 heteroatoms. The highest BCUT2D eigenvalue weighted by Gasteiger charge is 2.44. The van der Waals surface area contributed by atoms with Crippen LogP contribution in [0.2, 0.25) is 0 Å². The Bertz CT molecular complexity index is 471. The standard InChI is InChI=1S/C11H13BrN2O2/c1-11(2)8-7(14(3)10(11)15)5-6(12)9(13-8)16-4/h5H,1-4H3. The van der Waals surface area contributed by atoms with Crippen molar-refractivity contribution in [1.82, 2.24) is 4.98 Å². The number of anilines is 1. The molecule has 1 amide bonds. The Hall–Kier alpha value is -1.10. The van der Waals surface area contributed by atoms with Gasteiger partial charge in [0.2, 0.25) is 11.8 Å². The Morgan fingerprint density at radius 2 is 2.12 bits per heavy atom. The van der Waals surface area contributed by atoms with Gasteiger partial charge in [0.25, 0.3) is 0 Å². The zero-order valence-corrected chi connectivity index (χ0v) is 11.3. The fourth-order valence-electron chi connectivity index (χ4n) is 1.95. The van der Waals surface area contributed by atoms with Crippen LogP contribution in [0.25, 0.3) is 0 Å². The zero-order chi connectivity index (χ0) is 12.1. The Balaban J connectivity index is 2.69. The summed E-state index contributed by atoms with van der Waals surface area (Å²) in [6.07, 6.45) is 0. The van der Waals surface area contributed by atoms with Gasteiger partial charge in [0.05, 0.1) is 28.4 Å². The second-order valence-electron chi connectivity index (χ2n) is 4.34. The molecule has 0 bridgehead atoms. The number of fused-ring (bicyclic) bond motifs is 1. The van der Waals surface area contributed by atoms with E-state index >= 15 is 0 Å². The van der Waals surface area contributed by atoms with Gasteiger partial charge in [-0.1, -0.05) is 0 Å². The van der Waals surface area contributed by atoms with Crippen LogP contribution < -0.4 is 9.64 Å². The van der Waals surface area contributed by atoms with E-state index < -0.39 is 5.41 Å². The predicted molar refractivity (Wildman–Crippen MR) is 64.9 cm³/mol. The van der Waals surface area contributed by atoms with Crippen molar-refractivity contribution in [3.05, 3.63) is 16.2 Å². The van der Waals surface area contributed by atoms with Gasteiger partial charge < -0.3 is 9.64 Å². The fraction of sp³-hybridized carbons (Fsp3) is 0.455. The molecule has 0 aliphatic carbocycles. The molecule has 0 spiro atoms. The molecule has 1 aliphatic heterocycles. The molecule has 0 fully saturated rings. The third kappa shape index (κ3) is 1.34. The first-order chi connectivity index (χ1) is 7.39. The van der Waals surface area contributed by atoms with E-state index in [-0.39, 0.29) is 5.91 Å². The number of halogens is 1. The topological polar surface area (TPSA) is 42.4 Å². The first-order valence-electron chi connectivity index (χ1n) is 4.92. The summed E-state index contributed by atoms with van der Waals surface area (Å²) < 4.78 is 5.90. The van der Waals surface area contributed by atoms with Crippen molar-refractivity contribution >= 4 is 27.5 Å². The van der Waals surface area contributed by atoms with Crippen LogP contribution in [0.1, 0.15) is 19.5 Å². The molecule has 1 aromatic rings. The molecule has 0 N–H and O–H groups in total. The Kier molecular flexibility index (Phi) is 2.45. The molecule has 2 rings (SSSR count). The maximum atomic E-state index is 12.0. The van der Waals surface area contributed by atoms with Crippen molar-refractivity contribution < 1.29 is 9.53 Å². The quantitative estimate of drug-likeness (QED) is 0.793. The summed E-state index contributed by atoms with van der Waals surface area (Å²) in [6, 6.07) is 1.87. The third-order valence-electron chi connectivity index (χ3n) is 2.91. The van der Waals surface area contributed by atoms with E-state index in [4.69, 9.17) is 4.74 Å². The van der Waals surface area contributed by atoms with Crippen LogP contribution in [0.3, 0.4) is 0 Å². The Morgan fingerprint density at radius 1 is 1.50 bits per heavy atom. The first-order valence-corrected chi connectivity index (χ1v) is 5.72. The molecule has 1 aliphatic rings. The molecule has 0 saturated carbocycles.